The summed E-state index contributed by atoms with van der Waals surface area (Å²) in [6, 6.07) is 5.89. The standard InChI is InChI=1S/C13H19NO3/c1-16-12-5-3-4-10(13(12)17-2)11-7-14-6-9(11)8-15/h3-5,9,11,14-15H,6-8H2,1-2H3/t9-,11+/m1/s1. The summed E-state index contributed by atoms with van der Waals surface area (Å²) in [6.45, 7) is 1.91. The van der Waals surface area contributed by atoms with Gasteiger partial charge in [-0.15, -0.1) is 0 Å². The van der Waals surface area contributed by atoms with Crippen molar-refractivity contribution in [3.05, 3.63) is 23.8 Å². The summed E-state index contributed by atoms with van der Waals surface area (Å²) in [6.07, 6.45) is 0. The Morgan fingerprint density at radius 1 is 1.29 bits per heavy atom. The molecule has 1 aliphatic heterocycles. The number of para-hydroxylation sites is 1. The molecule has 1 aromatic carbocycles. The van der Waals surface area contributed by atoms with Crippen molar-refractivity contribution in [3.63, 3.8) is 0 Å². The molecule has 94 valence electrons. The molecule has 4 nitrogen and oxygen atoms in total. The van der Waals surface area contributed by atoms with Gasteiger partial charge in [0.25, 0.3) is 0 Å². The zero-order chi connectivity index (χ0) is 12.3. The molecule has 1 heterocycles. The van der Waals surface area contributed by atoms with E-state index in [1.807, 2.05) is 18.2 Å². The maximum Gasteiger partial charge on any atom is 0.164 e. The largest absolute Gasteiger partial charge is 0.493 e. The number of ether oxygens (including phenoxy) is 2. The second-order valence-corrected chi connectivity index (χ2v) is 4.29. The summed E-state index contributed by atoms with van der Waals surface area (Å²) in [5.41, 5.74) is 1.11. The average Bonchev–Trinajstić information content (AvgIpc) is 2.85. The number of aliphatic hydroxyl groups is 1. The van der Waals surface area contributed by atoms with Crippen molar-refractivity contribution < 1.29 is 14.6 Å². The summed E-state index contributed by atoms with van der Waals surface area (Å²) in [5, 5.41) is 12.7. The molecule has 0 unspecified atom stereocenters. The van der Waals surface area contributed by atoms with Crippen LogP contribution in [0.5, 0.6) is 11.5 Å². The first-order valence-electron chi connectivity index (χ1n) is 5.84. The van der Waals surface area contributed by atoms with Crippen LogP contribution in [0.15, 0.2) is 18.2 Å². The van der Waals surface area contributed by atoms with Gasteiger partial charge in [0.05, 0.1) is 14.2 Å². The smallest absolute Gasteiger partial charge is 0.164 e. The lowest BCUT2D eigenvalue weighted by Gasteiger charge is -2.20. The van der Waals surface area contributed by atoms with Crippen LogP contribution >= 0.6 is 0 Å². The SMILES string of the molecule is COc1cccc([C@H]2CNC[C@@H]2CO)c1OC. The van der Waals surface area contributed by atoms with E-state index in [2.05, 4.69) is 5.32 Å². The van der Waals surface area contributed by atoms with Gasteiger partial charge in [0.15, 0.2) is 11.5 Å². The van der Waals surface area contributed by atoms with Crippen molar-refractivity contribution >= 4 is 0 Å². The van der Waals surface area contributed by atoms with Crippen LogP contribution in [0, 0.1) is 5.92 Å². The Bertz CT molecular complexity index is 381. The van der Waals surface area contributed by atoms with Crippen molar-refractivity contribution in [3.8, 4) is 11.5 Å². The fraction of sp³-hybridized carbons (Fsp3) is 0.538. The minimum Gasteiger partial charge on any atom is -0.493 e. The van der Waals surface area contributed by atoms with Crippen molar-refractivity contribution in [2.75, 3.05) is 33.9 Å². The minimum atomic E-state index is 0.192. The minimum absolute atomic E-state index is 0.192. The third kappa shape index (κ3) is 2.23. The van der Waals surface area contributed by atoms with Gasteiger partial charge in [-0.05, 0) is 6.07 Å². The molecule has 0 saturated carbocycles. The molecule has 17 heavy (non-hydrogen) atoms. The predicted molar refractivity (Wildman–Crippen MR) is 65.7 cm³/mol. The Labute approximate surface area is 102 Å². The van der Waals surface area contributed by atoms with Gasteiger partial charge in [-0.3, -0.25) is 0 Å². The number of hydrogen-bond donors (Lipinski definition) is 2. The van der Waals surface area contributed by atoms with Crippen LogP contribution in [-0.4, -0.2) is 39.0 Å². The van der Waals surface area contributed by atoms with Crippen LogP contribution in [0.4, 0.5) is 0 Å². The van der Waals surface area contributed by atoms with E-state index in [0.29, 0.717) is 0 Å². The molecule has 0 aromatic heterocycles. The number of nitrogens with one attached hydrogen (secondary N) is 1. The molecular weight excluding hydrogens is 218 g/mol. The molecule has 2 N–H and O–H groups in total. The van der Waals surface area contributed by atoms with Gasteiger partial charge >= 0.3 is 0 Å². The number of methoxy groups -OCH3 is 2. The van der Waals surface area contributed by atoms with Crippen molar-refractivity contribution in [2.45, 2.75) is 5.92 Å². The maximum absolute atomic E-state index is 9.38. The van der Waals surface area contributed by atoms with Gasteiger partial charge in [0, 0.05) is 37.1 Å². The summed E-state index contributed by atoms with van der Waals surface area (Å²) >= 11 is 0. The van der Waals surface area contributed by atoms with Crippen molar-refractivity contribution in [1.82, 2.24) is 5.32 Å². The molecule has 2 atom stereocenters. The lowest BCUT2D eigenvalue weighted by molar-refractivity contribution is 0.224. The molecule has 4 heteroatoms. The van der Waals surface area contributed by atoms with Gasteiger partial charge in [-0.2, -0.15) is 0 Å². The topological polar surface area (TPSA) is 50.7 Å². The molecule has 0 amide bonds. The van der Waals surface area contributed by atoms with Crippen LogP contribution < -0.4 is 14.8 Å². The first kappa shape index (κ1) is 12.2. The lowest BCUT2D eigenvalue weighted by Crippen LogP contribution is -2.15. The van der Waals surface area contributed by atoms with E-state index in [0.717, 1.165) is 30.2 Å². The van der Waals surface area contributed by atoms with Crippen LogP contribution in [0.3, 0.4) is 0 Å². The summed E-state index contributed by atoms with van der Waals surface area (Å²) in [4.78, 5) is 0. The van der Waals surface area contributed by atoms with E-state index in [1.54, 1.807) is 14.2 Å². The van der Waals surface area contributed by atoms with Gasteiger partial charge in [0.1, 0.15) is 0 Å². The van der Waals surface area contributed by atoms with Gasteiger partial charge in [0.2, 0.25) is 0 Å². The first-order chi connectivity index (χ1) is 8.31. The van der Waals surface area contributed by atoms with Gasteiger partial charge in [-0.1, -0.05) is 12.1 Å². The number of hydrogen-bond acceptors (Lipinski definition) is 4. The molecule has 1 aliphatic rings. The highest BCUT2D eigenvalue weighted by molar-refractivity contribution is 5.49. The number of benzene rings is 1. The Morgan fingerprint density at radius 2 is 2.12 bits per heavy atom. The predicted octanol–water partition coefficient (Wildman–Crippen LogP) is 0.999. The molecule has 1 fully saturated rings. The van der Waals surface area contributed by atoms with E-state index >= 15 is 0 Å². The van der Waals surface area contributed by atoms with Gasteiger partial charge < -0.3 is 19.9 Å². The highest BCUT2D eigenvalue weighted by Crippen LogP contribution is 2.39. The van der Waals surface area contributed by atoms with Crippen molar-refractivity contribution in [1.29, 1.82) is 0 Å². The molecule has 0 radical (unpaired) electrons. The van der Waals surface area contributed by atoms with E-state index in [4.69, 9.17) is 9.47 Å². The first-order valence-corrected chi connectivity index (χ1v) is 5.84. The summed E-state index contributed by atoms with van der Waals surface area (Å²) in [5.74, 6) is 2.05. The number of aliphatic hydroxyl groups excluding tert-OH is 1. The zero-order valence-electron chi connectivity index (χ0n) is 10.3. The zero-order valence-corrected chi connectivity index (χ0v) is 10.3. The second-order valence-electron chi connectivity index (χ2n) is 4.29. The highest BCUT2D eigenvalue weighted by atomic mass is 16.5. The Balaban J connectivity index is 2.37. The Hall–Kier alpha value is -1.26. The third-order valence-electron chi connectivity index (χ3n) is 3.41. The van der Waals surface area contributed by atoms with E-state index < -0.39 is 0 Å². The van der Waals surface area contributed by atoms with Crippen molar-refractivity contribution in [2.24, 2.45) is 5.92 Å². The normalized spacial score (nSPS) is 23.7. The fourth-order valence-electron chi connectivity index (χ4n) is 2.49. The maximum atomic E-state index is 9.38. The van der Waals surface area contributed by atoms with Gasteiger partial charge in [-0.25, -0.2) is 0 Å². The van der Waals surface area contributed by atoms with Crippen LogP contribution in [0.1, 0.15) is 11.5 Å². The average molecular weight is 237 g/mol. The molecule has 1 saturated heterocycles. The Morgan fingerprint density at radius 3 is 2.76 bits per heavy atom. The monoisotopic (exact) mass is 237 g/mol. The van der Waals surface area contributed by atoms with Crippen LogP contribution in [0.2, 0.25) is 0 Å². The molecular formula is C13H19NO3. The Kier molecular flexibility index (Phi) is 3.86. The van der Waals surface area contributed by atoms with E-state index in [9.17, 15) is 5.11 Å². The second kappa shape index (κ2) is 5.38. The highest BCUT2D eigenvalue weighted by Gasteiger charge is 2.30. The van der Waals surface area contributed by atoms with E-state index in [1.165, 1.54) is 0 Å². The van der Waals surface area contributed by atoms with E-state index in [-0.39, 0.29) is 18.4 Å². The van der Waals surface area contributed by atoms with Crippen LogP contribution in [0.25, 0.3) is 0 Å². The summed E-state index contributed by atoms with van der Waals surface area (Å²) in [7, 11) is 3.29. The third-order valence-corrected chi connectivity index (χ3v) is 3.41. The molecule has 0 spiro atoms. The fourth-order valence-corrected chi connectivity index (χ4v) is 2.49. The number of rotatable bonds is 4. The summed E-state index contributed by atoms with van der Waals surface area (Å²) < 4.78 is 10.7. The quantitative estimate of drug-likeness (QED) is 0.820. The molecule has 0 bridgehead atoms. The van der Waals surface area contributed by atoms with Crippen LogP contribution in [-0.2, 0) is 0 Å². The molecule has 1 aromatic rings. The lowest BCUT2D eigenvalue weighted by atomic mass is 9.88. The molecule has 0 aliphatic carbocycles. The molecule has 2 rings (SSSR count).